The summed E-state index contributed by atoms with van der Waals surface area (Å²) in [5.41, 5.74) is 0.723. The topological polar surface area (TPSA) is 51.4 Å². The number of ether oxygens (including phenoxy) is 3. The maximum Gasteiger partial charge on any atom is 0.152 e. The van der Waals surface area contributed by atoms with Crippen LogP contribution >= 0.6 is 0 Å². The van der Waals surface area contributed by atoms with Crippen molar-refractivity contribution in [3.05, 3.63) is 11.6 Å². The van der Waals surface area contributed by atoms with E-state index in [4.69, 9.17) is 14.2 Å². The van der Waals surface area contributed by atoms with Crippen LogP contribution in [-0.4, -0.2) is 58.6 Å². The normalized spacial score (nSPS) is 45.6. The zero-order chi connectivity index (χ0) is 16.3. The minimum Gasteiger partial charge on any atom is -0.373 e. The number of carbonyl (C=O) groups is 1. The quantitative estimate of drug-likeness (QED) is 0.425. The van der Waals surface area contributed by atoms with Gasteiger partial charge in [0.15, 0.2) is 5.78 Å². The average molecular weight is 304 g/mol. The minimum absolute atomic E-state index is 0.0129. The molecule has 1 spiro atoms. The molecule has 2 saturated heterocycles. The number of hydrogen-bond acceptors (Lipinski definition) is 4. The molecule has 5 atom stereocenters. The summed E-state index contributed by atoms with van der Waals surface area (Å²) in [7, 11) is 5.62. The van der Waals surface area contributed by atoms with Gasteiger partial charge in [-0.1, -0.05) is 11.6 Å². The van der Waals surface area contributed by atoms with E-state index < -0.39 is 11.3 Å². The van der Waals surface area contributed by atoms with E-state index in [-0.39, 0.29) is 29.0 Å². The van der Waals surface area contributed by atoms with Crippen molar-refractivity contribution in [1.29, 1.82) is 0 Å². The highest BCUT2D eigenvalue weighted by Crippen LogP contribution is 2.61. The lowest BCUT2D eigenvalue weighted by Gasteiger charge is -2.44. The van der Waals surface area contributed by atoms with Crippen LogP contribution in [0.25, 0.3) is 0 Å². The maximum absolute atomic E-state index is 12.8. The van der Waals surface area contributed by atoms with E-state index in [0.29, 0.717) is 6.61 Å². The summed E-state index contributed by atoms with van der Waals surface area (Å²) in [6.45, 7) is 7.01. The lowest BCUT2D eigenvalue weighted by Crippen LogP contribution is -2.58. The molecule has 4 nitrogen and oxygen atoms in total. The second-order valence-electron chi connectivity index (χ2n) is 8.22. The van der Waals surface area contributed by atoms with E-state index in [1.54, 1.807) is 7.11 Å². The van der Waals surface area contributed by atoms with E-state index in [1.807, 2.05) is 15.7 Å². The number of methoxy groups -OCH3 is 1. The van der Waals surface area contributed by atoms with Gasteiger partial charge in [-0.05, 0) is 38.8 Å². The third kappa shape index (κ3) is 2.40. The van der Waals surface area contributed by atoms with Gasteiger partial charge < -0.3 is 14.2 Å². The molecule has 3 rings (SSSR count). The van der Waals surface area contributed by atoms with Crippen molar-refractivity contribution in [2.45, 2.75) is 62.2 Å². The van der Waals surface area contributed by atoms with Crippen molar-refractivity contribution in [2.75, 3.05) is 13.7 Å². The molecule has 6 heteroatoms. The summed E-state index contributed by atoms with van der Waals surface area (Å²) in [6, 6.07) is 0. The molecule has 1 saturated carbocycles. The van der Waals surface area contributed by atoms with Crippen LogP contribution < -0.4 is 0 Å². The van der Waals surface area contributed by atoms with E-state index in [0.717, 1.165) is 12.8 Å². The van der Waals surface area contributed by atoms with Crippen LogP contribution in [0.4, 0.5) is 0 Å². The standard InChI is InChI=1S/C16H26B2O4/c1-9(2)5-6-10-14(3,22-10)12-11(20-4)13(19)16(17,18)7-15(12)8-21-15/h5,10-12H,6-8,17-18H2,1-4H3/t10-,11+,12-,14?,15+/m1/s1. The molecule has 3 aliphatic rings. The maximum atomic E-state index is 12.8. The molecular weight excluding hydrogens is 278 g/mol. The molecule has 2 aliphatic heterocycles. The molecule has 0 aromatic heterocycles. The largest absolute Gasteiger partial charge is 0.373 e. The monoisotopic (exact) mass is 304 g/mol. The first-order chi connectivity index (χ1) is 10.2. The molecule has 22 heavy (non-hydrogen) atoms. The first-order valence-electron chi connectivity index (χ1n) is 8.18. The van der Waals surface area contributed by atoms with Crippen molar-refractivity contribution >= 4 is 21.5 Å². The highest BCUT2D eigenvalue weighted by molar-refractivity contribution is 6.51. The summed E-state index contributed by atoms with van der Waals surface area (Å²) in [6.07, 6.45) is 3.57. The summed E-state index contributed by atoms with van der Waals surface area (Å²) in [5, 5.41) is -0.395. The minimum atomic E-state index is -0.437. The Hall–Kier alpha value is -0.580. The lowest BCUT2D eigenvalue weighted by atomic mass is 9.43. The van der Waals surface area contributed by atoms with Crippen molar-refractivity contribution < 1.29 is 19.0 Å². The Morgan fingerprint density at radius 1 is 1.45 bits per heavy atom. The fourth-order valence-corrected chi connectivity index (χ4v) is 4.37. The molecule has 120 valence electrons. The lowest BCUT2D eigenvalue weighted by molar-refractivity contribution is -0.144. The van der Waals surface area contributed by atoms with Crippen LogP contribution in [0.5, 0.6) is 0 Å². The number of carbonyl (C=O) groups excluding carboxylic acids is 1. The number of epoxide rings is 2. The van der Waals surface area contributed by atoms with Gasteiger partial charge in [-0.2, -0.15) is 0 Å². The Labute approximate surface area is 134 Å². The Morgan fingerprint density at radius 3 is 2.59 bits per heavy atom. The van der Waals surface area contributed by atoms with Crippen molar-refractivity contribution in [3.63, 3.8) is 0 Å². The van der Waals surface area contributed by atoms with Crippen LogP contribution in [-0.2, 0) is 19.0 Å². The molecule has 1 aliphatic carbocycles. The number of allylic oxidation sites excluding steroid dienone is 1. The third-order valence-electron chi connectivity index (χ3n) is 5.64. The zero-order valence-electron chi connectivity index (χ0n) is 14.6. The van der Waals surface area contributed by atoms with Crippen LogP contribution in [0, 0.1) is 5.92 Å². The number of rotatable bonds is 4. The highest BCUT2D eigenvalue weighted by atomic mass is 16.6. The molecular formula is C16H26B2O4. The van der Waals surface area contributed by atoms with Crippen molar-refractivity contribution in [3.8, 4) is 0 Å². The van der Waals surface area contributed by atoms with Gasteiger partial charge >= 0.3 is 0 Å². The first kappa shape index (κ1) is 16.3. The van der Waals surface area contributed by atoms with Gasteiger partial charge in [-0.25, -0.2) is 0 Å². The summed E-state index contributed by atoms with van der Waals surface area (Å²) in [5.74, 6) is 0.167. The summed E-state index contributed by atoms with van der Waals surface area (Å²) >= 11 is 0. The third-order valence-corrected chi connectivity index (χ3v) is 5.64. The fraction of sp³-hybridized carbons (Fsp3) is 0.812. The zero-order valence-corrected chi connectivity index (χ0v) is 14.6. The van der Waals surface area contributed by atoms with Crippen molar-refractivity contribution in [2.24, 2.45) is 5.92 Å². The van der Waals surface area contributed by atoms with Gasteiger partial charge in [-0.3, -0.25) is 4.79 Å². The SMILES string of the molecule is BC1(B)C[C@]2(CO2)[C@@H](C2(C)O[C@@H]2CC=C(C)C)[C@H](OC)C1=O. The van der Waals surface area contributed by atoms with Crippen LogP contribution in [0.1, 0.15) is 33.6 Å². The van der Waals surface area contributed by atoms with Crippen LogP contribution in [0.3, 0.4) is 0 Å². The van der Waals surface area contributed by atoms with E-state index >= 15 is 0 Å². The van der Waals surface area contributed by atoms with Gasteiger partial charge in [0.05, 0.1) is 24.2 Å². The van der Waals surface area contributed by atoms with Gasteiger partial charge in [0.1, 0.15) is 27.4 Å². The Balaban J connectivity index is 1.86. The molecule has 0 bridgehead atoms. The van der Waals surface area contributed by atoms with Crippen molar-refractivity contribution in [1.82, 2.24) is 0 Å². The number of ketones is 1. The second-order valence-corrected chi connectivity index (χ2v) is 8.22. The molecule has 3 fully saturated rings. The highest BCUT2D eigenvalue weighted by Gasteiger charge is 2.74. The van der Waals surface area contributed by atoms with E-state index in [9.17, 15) is 4.79 Å². The van der Waals surface area contributed by atoms with Gasteiger partial charge in [0, 0.05) is 7.11 Å². The van der Waals surface area contributed by atoms with Gasteiger partial charge in [-0.15, -0.1) is 0 Å². The predicted octanol–water partition coefficient (Wildman–Crippen LogP) is 0.256. The predicted molar refractivity (Wildman–Crippen MR) is 89.7 cm³/mol. The Bertz CT molecular complexity index is 522. The first-order valence-corrected chi connectivity index (χ1v) is 8.18. The van der Waals surface area contributed by atoms with E-state index in [1.165, 1.54) is 5.57 Å². The fourth-order valence-electron chi connectivity index (χ4n) is 4.37. The number of hydrogen-bond donors (Lipinski definition) is 0. The molecule has 0 radical (unpaired) electrons. The molecule has 2 heterocycles. The molecule has 0 amide bonds. The smallest absolute Gasteiger partial charge is 0.152 e. The number of Topliss-reactive ketones (excluding diaryl/α,β-unsaturated/α-hetero) is 1. The average Bonchev–Trinajstić information content (AvgIpc) is 3.30. The second kappa shape index (κ2) is 4.96. The summed E-state index contributed by atoms with van der Waals surface area (Å²) < 4.78 is 17.6. The van der Waals surface area contributed by atoms with Crippen LogP contribution in [0.15, 0.2) is 11.6 Å². The molecule has 1 unspecified atom stereocenters. The summed E-state index contributed by atoms with van der Waals surface area (Å²) in [4.78, 5) is 12.8. The van der Waals surface area contributed by atoms with Crippen LogP contribution in [0.2, 0.25) is 5.21 Å². The Morgan fingerprint density at radius 2 is 2.09 bits per heavy atom. The molecule has 0 aromatic carbocycles. The van der Waals surface area contributed by atoms with Gasteiger partial charge in [0.2, 0.25) is 0 Å². The molecule has 0 N–H and O–H groups in total. The Kier molecular flexibility index (Phi) is 3.67. The van der Waals surface area contributed by atoms with E-state index in [2.05, 4.69) is 26.8 Å². The van der Waals surface area contributed by atoms with Gasteiger partial charge in [0.25, 0.3) is 0 Å². The molecule has 0 aromatic rings.